The largest absolute Gasteiger partial charge is 0.297 e. The van der Waals surface area contributed by atoms with Gasteiger partial charge in [-0.05, 0) is 47.0 Å². The van der Waals surface area contributed by atoms with Gasteiger partial charge >= 0.3 is 0 Å². The van der Waals surface area contributed by atoms with Crippen molar-refractivity contribution < 1.29 is 4.79 Å². The Balaban J connectivity index is 1.59. The quantitative estimate of drug-likeness (QED) is 0.846. The minimum Gasteiger partial charge on any atom is -0.297 e. The van der Waals surface area contributed by atoms with Gasteiger partial charge in [-0.2, -0.15) is 0 Å². The zero-order chi connectivity index (χ0) is 13.2. The first-order valence-electron chi connectivity index (χ1n) is 5.78. The second-order valence-corrected chi connectivity index (χ2v) is 7.69. The van der Waals surface area contributed by atoms with E-state index < -0.39 is 0 Å². The monoisotopic (exact) mass is 355 g/mol. The first-order chi connectivity index (χ1) is 9.20. The molecule has 1 fully saturated rings. The van der Waals surface area contributed by atoms with Gasteiger partial charge in [0.15, 0.2) is 0 Å². The summed E-state index contributed by atoms with van der Waals surface area (Å²) in [6.07, 6.45) is 5.68. The predicted octanol–water partition coefficient (Wildman–Crippen LogP) is 3.89. The molecule has 0 radical (unpaired) electrons. The molecular formula is C12H10BrN3OS2. The van der Waals surface area contributed by atoms with Gasteiger partial charge in [-0.1, -0.05) is 11.3 Å². The molecule has 2 aromatic heterocycles. The van der Waals surface area contributed by atoms with Gasteiger partial charge in [0.05, 0.1) is 3.79 Å². The van der Waals surface area contributed by atoms with Crippen molar-refractivity contribution in [2.45, 2.75) is 18.8 Å². The molecule has 0 aromatic carbocycles. The fourth-order valence-corrected chi connectivity index (χ4v) is 3.74. The number of carbonyl (C=O) groups is 1. The molecule has 4 nitrogen and oxygen atoms in total. The summed E-state index contributed by atoms with van der Waals surface area (Å²) in [7, 11) is 0. The zero-order valence-electron chi connectivity index (χ0n) is 9.80. The molecule has 2 aromatic rings. The van der Waals surface area contributed by atoms with Crippen molar-refractivity contribution in [3.8, 4) is 0 Å². The Labute approximate surface area is 126 Å². The normalized spacial score (nSPS) is 15.0. The molecule has 7 heteroatoms. The molecule has 2 heterocycles. The number of halogens is 1. The summed E-state index contributed by atoms with van der Waals surface area (Å²) < 4.78 is 1.05. The van der Waals surface area contributed by atoms with Crippen LogP contribution in [0.4, 0.5) is 5.13 Å². The van der Waals surface area contributed by atoms with Crippen LogP contribution in [0.25, 0.3) is 6.08 Å². The Morgan fingerprint density at radius 2 is 2.21 bits per heavy atom. The van der Waals surface area contributed by atoms with Crippen molar-refractivity contribution in [1.82, 2.24) is 10.2 Å². The molecule has 0 aliphatic heterocycles. The predicted molar refractivity (Wildman–Crippen MR) is 81.6 cm³/mol. The first-order valence-corrected chi connectivity index (χ1v) is 8.21. The molecule has 98 valence electrons. The maximum Gasteiger partial charge on any atom is 0.250 e. The molecule has 1 saturated carbocycles. The number of rotatable bonds is 4. The van der Waals surface area contributed by atoms with E-state index in [-0.39, 0.29) is 5.91 Å². The number of hydrogen-bond donors (Lipinski definition) is 1. The lowest BCUT2D eigenvalue weighted by Crippen LogP contribution is -2.07. The summed E-state index contributed by atoms with van der Waals surface area (Å²) in [6, 6.07) is 3.91. The van der Waals surface area contributed by atoms with E-state index in [1.807, 2.05) is 12.1 Å². The van der Waals surface area contributed by atoms with E-state index in [9.17, 15) is 4.79 Å². The van der Waals surface area contributed by atoms with Gasteiger partial charge in [-0.3, -0.25) is 10.1 Å². The molecule has 0 bridgehead atoms. The van der Waals surface area contributed by atoms with Gasteiger partial charge in [0.2, 0.25) is 11.0 Å². The third-order valence-corrected chi connectivity index (χ3v) is 5.18. The van der Waals surface area contributed by atoms with Crippen LogP contribution in [0.1, 0.15) is 28.6 Å². The van der Waals surface area contributed by atoms with E-state index in [1.165, 1.54) is 30.3 Å². The number of carbonyl (C=O) groups excluding carboxylic acids is 1. The van der Waals surface area contributed by atoms with E-state index in [0.717, 1.165) is 13.7 Å². The van der Waals surface area contributed by atoms with Crippen molar-refractivity contribution in [2.24, 2.45) is 0 Å². The van der Waals surface area contributed by atoms with Crippen LogP contribution in [-0.4, -0.2) is 16.1 Å². The molecule has 0 saturated heterocycles. The fraction of sp³-hybridized carbons (Fsp3) is 0.250. The molecule has 3 rings (SSSR count). The van der Waals surface area contributed by atoms with Crippen molar-refractivity contribution in [3.05, 3.63) is 31.9 Å². The fourth-order valence-electron chi connectivity index (χ4n) is 1.50. The molecule has 0 spiro atoms. The van der Waals surface area contributed by atoms with Gasteiger partial charge in [0, 0.05) is 16.9 Å². The maximum atomic E-state index is 11.7. The summed E-state index contributed by atoms with van der Waals surface area (Å²) in [5, 5.41) is 12.4. The summed E-state index contributed by atoms with van der Waals surface area (Å²) in [4.78, 5) is 12.7. The molecule has 1 aliphatic rings. The Hall–Kier alpha value is -1.05. The second-order valence-electron chi connectivity index (χ2n) is 4.18. The van der Waals surface area contributed by atoms with Crippen molar-refractivity contribution in [3.63, 3.8) is 0 Å². The lowest BCUT2D eigenvalue weighted by Gasteiger charge is -1.93. The van der Waals surface area contributed by atoms with Crippen LogP contribution in [0, 0.1) is 0 Å². The van der Waals surface area contributed by atoms with Crippen molar-refractivity contribution in [2.75, 3.05) is 5.32 Å². The maximum absolute atomic E-state index is 11.7. The van der Waals surface area contributed by atoms with Crippen LogP contribution >= 0.6 is 38.6 Å². The summed E-state index contributed by atoms with van der Waals surface area (Å²) in [6.45, 7) is 0. The Kier molecular flexibility index (Phi) is 3.76. The van der Waals surface area contributed by atoms with E-state index in [4.69, 9.17) is 0 Å². The van der Waals surface area contributed by atoms with Crippen LogP contribution in [0.3, 0.4) is 0 Å². The number of aromatic nitrogens is 2. The number of anilines is 1. The van der Waals surface area contributed by atoms with Crippen molar-refractivity contribution in [1.29, 1.82) is 0 Å². The molecular weight excluding hydrogens is 346 g/mol. The van der Waals surface area contributed by atoms with Crippen molar-refractivity contribution >= 4 is 55.7 Å². The standard InChI is InChI=1S/C12H10BrN3OS2/c13-9-5-3-8(18-9)4-6-10(17)14-12-16-15-11(19-12)7-1-2-7/h3-7H,1-2H2,(H,14,16,17). The molecule has 19 heavy (non-hydrogen) atoms. The Morgan fingerprint density at radius 1 is 1.37 bits per heavy atom. The van der Waals surface area contributed by atoms with Crippen LogP contribution in [0.2, 0.25) is 0 Å². The SMILES string of the molecule is O=C(C=Cc1ccc(Br)s1)Nc1nnc(C2CC2)s1. The van der Waals surface area contributed by atoms with E-state index in [2.05, 4.69) is 31.4 Å². The summed E-state index contributed by atoms with van der Waals surface area (Å²) in [5.41, 5.74) is 0. The van der Waals surface area contributed by atoms with E-state index in [1.54, 1.807) is 17.4 Å². The number of nitrogens with one attached hydrogen (secondary N) is 1. The number of nitrogens with zero attached hydrogens (tertiary/aromatic N) is 2. The highest BCUT2D eigenvalue weighted by Gasteiger charge is 2.27. The molecule has 0 atom stereocenters. The van der Waals surface area contributed by atoms with Gasteiger partial charge in [-0.15, -0.1) is 21.5 Å². The van der Waals surface area contributed by atoms with E-state index >= 15 is 0 Å². The highest BCUT2D eigenvalue weighted by atomic mass is 79.9. The topological polar surface area (TPSA) is 54.9 Å². The smallest absolute Gasteiger partial charge is 0.250 e. The van der Waals surface area contributed by atoms with Gasteiger partial charge < -0.3 is 0 Å². The lowest BCUT2D eigenvalue weighted by atomic mass is 10.4. The number of thiophene rings is 1. The third-order valence-electron chi connectivity index (χ3n) is 2.59. The zero-order valence-corrected chi connectivity index (χ0v) is 13.0. The third kappa shape index (κ3) is 3.49. The van der Waals surface area contributed by atoms with Crippen LogP contribution in [0.5, 0.6) is 0 Å². The number of amides is 1. The van der Waals surface area contributed by atoms with Gasteiger partial charge in [0.1, 0.15) is 5.01 Å². The lowest BCUT2D eigenvalue weighted by molar-refractivity contribution is -0.111. The van der Waals surface area contributed by atoms with Crippen LogP contribution < -0.4 is 5.32 Å². The van der Waals surface area contributed by atoms with E-state index in [0.29, 0.717) is 11.0 Å². The highest BCUT2D eigenvalue weighted by molar-refractivity contribution is 9.11. The van der Waals surface area contributed by atoms with Gasteiger partial charge in [0.25, 0.3) is 0 Å². The average molecular weight is 356 g/mol. The Morgan fingerprint density at radius 3 is 2.89 bits per heavy atom. The minimum atomic E-state index is -0.178. The van der Waals surface area contributed by atoms with Crippen LogP contribution in [-0.2, 0) is 4.79 Å². The Bertz CT molecular complexity index is 630. The number of hydrogen-bond acceptors (Lipinski definition) is 5. The molecule has 1 N–H and O–H groups in total. The highest BCUT2D eigenvalue weighted by Crippen LogP contribution is 2.42. The molecule has 1 amide bonds. The molecule has 0 unspecified atom stereocenters. The summed E-state index contributed by atoms with van der Waals surface area (Å²) >= 11 is 6.42. The van der Waals surface area contributed by atoms with Crippen LogP contribution in [0.15, 0.2) is 22.0 Å². The average Bonchev–Trinajstić information content (AvgIpc) is 3.00. The summed E-state index contributed by atoms with van der Waals surface area (Å²) in [5.74, 6) is 0.394. The first kappa shape index (κ1) is 13.0. The minimum absolute atomic E-state index is 0.178. The second kappa shape index (κ2) is 5.52. The van der Waals surface area contributed by atoms with Gasteiger partial charge in [-0.25, -0.2) is 0 Å². The molecule has 1 aliphatic carbocycles.